The monoisotopic (exact) mass is 183 g/mol. The van der Waals surface area contributed by atoms with E-state index in [1.54, 1.807) is 0 Å². The van der Waals surface area contributed by atoms with Crippen molar-refractivity contribution in [3.05, 3.63) is 21.9 Å². The predicted octanol–water partition coefficient (Wildman–Crippen LogP) is 2.59. The molecule has 1 nitrogen and oxygen atoms in total. The molecule has 68 valence electrons. The molecule has 0 saturated heterocycles. The molecule has 2 N–H and O–H groups in total. The summed E-state index contributed by atoms with van der Waals surface area (Å²) in [6, 6.07) is 4.49. The number of thiophene rings is 1. The third-order valence-electron chi connectivity index (χ3n) is 1.84. The van der Waals surface area contributed by atoms with E-state index in [1.807, 2.05) is 11.3 Å². The van der Waals surface area contributed by atoms with Crippen LogP contribution in [-0.4, -0.2) is 6.54 Å². The normalized spacial score (nSPS) is 10.5. The molecule has 0 amide bonds. The van der Waals surface area contributed by atoms with E-state index in [-0.39, 0.29) is 0 Å². The highest BCUT2D eigenvalue weighted by molar-refractivity contribution is 7.11. The van der Waals surface area contributed by atoms with E-state index in [9.17, 15) is 0 Å². The van der Waals surface area contributed by atoms with Crippen molar-refractivity contribution in [2.75, 3.05) is 6.54 Å². The Kier molecular flexibility index (Phi) is 4.33. The van der Waals surface area contributed by atoms with Gasteiger partial charge in [0.1, 0.15) is 0 Å². The van der Waals surface area contributed by atoms with Gasteiger partial charge in [0, 0.05) is 9.75 Å². The van der Waals surface area contributed by atoms with Crippen LogP contribution in [0.25, 0.3) is 0 Å². The third kappa shape index (κ3) is 2.95. The highest BCUT2D eigenvalue weighted by Crippen LogP contribution is 2.18. The summed E-state index contributed by atoms with van der Waals surface area (Å²) in [5.74, 6) is 0. The number of nitrogens with two attached hydrogens (primary N) is 1. The predicted molar refractivity (Wildman–Crippen MR) is 55.7 cm³/mol. The van der Waals surface area contributed by atoms with Crippen LogP contribution in [0.1, 0.15) is 29.5 Å². The van der Waals surface area contributed by atoms with Gasteiger partial charge in [-0.3, -0.25) is 0 Å². The molecule has 0 unspecified atom stereocenters. The fourth-order valence-corrected chi connectivity index (χ4v) is 2.38. The van der Waals surface area contributed by atoms with Crippen LogP contribution in [0.5, 0.6) is 0 Å². The Labute approximate surface area is 78.6 Å². The Bertz CT molecular complexity index is 217. The summed E-state index contributed by atoms with van der Waals surface area (Å²) in [7, 11) is 0. The fraction of sp³-hybridized carbons (Fsp3) is 0.600. The van der Waals surface area contributed by atoms with Gasteiger partial charge in [-0.05, 0) is 37.9 Å². The lowest BCUT2D eigenvalue weighted by Gasteiger charge is -1.93. The molecule has 0 atom stereocenters. The average Bonchev–Trinajstić information content (AvgIpc) is 2.50. The molecule has 1 heterocycles. The summed E-state index contributed by atoms with van der Waals surface area (Å²) in [5.41, 5.74) is 5.45. The van der Waals surface area contributed by atoms with Crippen molar-refractivity contribution in [2.24, 2.45) is 5.73 Å². The summed E-state index contributed by atoms with van der Waals surface area (Å²) < 4.78 is 0. The molecule has 0 aromatic carbocycles. The van der Waals surface area contributed by atoms with Gasteiger partial charge < -0.3 is 5.73 Å². The molecular formula is C10H17NS. The van der Waals surface area contributed by atoms with Gasteiger partial charge in [0.15, 0.2) is 0 Å². The van der Waals surface area contributed by atoms with Crippen LogP contribution in [0.2, 0.25) is 0 Å². The number of hydrogen-bond donors (Lipinski definition) is 1. The Morgan fingerprint density at radius 2 is 1.92 bits per heavy atom. The number of aryl methyl sites for hydroxylation is 2. The maximum Gasteiger partial charge on any atom is 0.00486 e. The van der Waals surface area contributed by atoms with Crippen LogP contribution in [0.4, 0.5) is 0 Å². The van der Waals surface area contributed by atoms with Crippen molar-refractivity contribution < 1.29 is 0 Å². The second kappa shape index (κ2) is 5.33. The highest BCUT2D eigenvalue weighted by atomic mass is 32.1. The van der Waals surface area contributed by atoms with Crippen molar-refractivity contribution in [3.63, 3.8) is 0 Å². The summed E-state index contributed by atoms with van der Waals surface area (Å²) >= 11 is 1.94. The first-order chi connectivity index (χ1) is 5.86. The SMILES string of the molecule is CCCc1ccc(CCCN)s1. The molecule has 12 heavy (non-hydrogen) atoms. The minimum absolute atomic E-state index is 0.807. The van der Waals surface area contributed by atoms with E-state index in [1.165, 1.54) is 22.6 Å². The molecule has 0 spiro atoms. The average molecular weight is 183 g/mol. The van der Waals surface area contributed by atoms with Crippen LogP contribution in [0, 0.1) is 0 Å². The number of hydrogen-bond acceptors (Lipinski definition) is 2. The lowest BCUT2D eigenvalue weighted by atomic mass is 10.2. The van der Waals surface area contributed by atoms with E-state index in [0.29, 0.717) is 0 Å². The lowest BCUT2D eigenvalue weighted by Crippen LogP contribution is -1.99. The molecule has 0 aliphatic rings. The largest absolute Gasteiger partial charge is 0.330 e. The quantitative estimate of drug-likeness (QED) is 0.746. The second-order valence-electron chi connectivity index (χ2n) is 3.01. The van der Waals surface area contributed by atoms with E-state index in [4.69, 9.17) is 5.73 Å². The van der Waals surface area contributed by atoms with Gasteiger partial charge in [0.05, 0.1) is 0 Å². The third-order valence-corrected chi connectivity index (χ3v) is 3.05. The van der Waals surface area contributed by atoms with Crippen molar-refractivity contribution in [2.45, 2.75) is 32.6 Å². The lowest BCUT2D eigenvalue weighted by molar-refractivity contribution is 0.843. The Morgan fingerprint density at radius 3 is 2.50 bits per heavy atom. The molecular weight excluding hydrogens is 166 g/mol. The summed E-state index contributed by atoms with van der Waals surface area (Å²) in [6.45, 7) is 3.03. The fourth-order valence-electron chi connectivity index (χ4n) is 1.21. The molecule has 0 fully saturated rings. The molecule has 2 heteroatoms. The van der Waals surface area contributed by atoms with Crippen molar-refractivity contribution in [3.8, 4) is 0 Å². The van der Waals surface area contributed by atoms with Gasteiger partial charge in [-0.2, -0.15) is 0 Å². The van der Waals surface area contributed by atoms with Gasteiger partial charge >= 0.3 is 0 Å². The zero-order chi connectivity index (χ0) is 8.81. The second-order valence-corrected chi connectivity index (χ2v) is 4.26. The zero-order valence-electron chi connectivity index (χ0n) is 7.68. The van der Waals surface area contributed by atoms with Crippen molar-refractivity contribution in [1.29, 1.82) is 0 Å². The molecule has 0 aliphatic heterocycles. The highest BCUT2D eigenvalue weighted by Gasteiger charge is 1.98. The van der Waals surface area contributed by atoms with Gasteiger partial charge in [0.25, 0.3) is 0 Å². The maximum atomic E-state index is 5.45. The smallest absolute Gasteiger partial charge is 0.00486 e. The van der Waals surface area contributed by atoms with E-state index >= 15 is 0 Å². The first kappa shape index (κ1) is 9.75. The molecule has 0 radical (unpaired) electrons. The van der Waals surface area contributed by atoms with E-state index < -0.39 is 0 Å². The van der Waals surface area contributed by atoms with Gasteiger partial charge in [0.2, 0.25) is 0 Å². The van der Waals surface area contributed by atoms with Gasteiger partial charge in [-0.15, -0.1) is 11.3 Å². The summed E-state index contributed by atoms with van der Waals surface area (Å²) in [6.07, 6.45) is 4.75. The summed E-state index contributed by atoms with van der Waals surface area (Å²) in [5, 5.41) is 0. The van der Waals surface area contributed by atoms with E-state index in [2.05, 4.69) is 19.1 Å². The first-order valence-corrected chi connectivity index (χ1v) is 5.46. The Balaban J connectivity index is 2.41. The topological polar surface area (TPSA) is 26.0 Å². The molecule has 0 aliphatic carbocycles. The molecule has 1 aromatic rings. The maximum absolute atomic E-state index is 5.45. The first-order valence-electron chi connectivity index (χ1n) is 4.64. The Morgan fingerprint density at radius 1 is 1.25 bits per heavy atom. The summed E-state index contributed by atoms with van der Waals surface area (Å²) in [4.78, 5) is 3.01. The number of rotatable bonds is 5. The van der Waals surface area contributed by atoms with Crippen LogP contribution in [0.15, 0.2) is 12.1 Å². The Hall–Kier alpha value is -0.340. The molecule has 0 bridgehead atoms. The van der Waals surface area contributed by atoms with Crippen LogP contribution in [0.3, 0.4) is 0 Å². The molecule has 1 aromatic heterocycles. The zero-order valence-corrected chi connectivity index (χ0v) is 8.49. The van der Waals surface area contributed by atoms with E-state index in [0.717, 1.165) is 19.4 Å². The van der Waals surface area contributed by atoms with Crippen LogP contribution >= 0.6 is 11.3 Å². The van der Waals surface area contributed by atoms with Crippen LogP contribution < -0.4 is 5.73 Å². The minimum Gasteiger partial charge on any atom is -0.330 e. The molecule has 1 rings (SSSR count). The van der Waals surface area contributed by atoms with Crippen molar-refractivity contribution in [1.82, 2.24) is 0 Å². The van der Waals surface area contributed by atoms with Crippen molar-refractivity contribution >= 4 is 11.3 Å². The minimum atomic E-state index is 0.807. The standard InChI is InChI=1S/C10H17NS/c1-2-4-9-6-7-10(12-9)5-3-8-11/h6-7H,2-5,8,11H2,1H3. The van der Waals surface area contributed by atoms with Gasteiger partial charge in [-0.25, -0.2) is 0 Å². The van der Waals surface area contributed by atoms with Gasteiger partial charge in [-0.1, -0.05) is 13.3 Å². The van der Waals surface area contributed by atoms with Crippen LogP contribution in [-0.2, 0) is 12.8 Å². The molecule has 0 saturated carbocycles.